The molecule has 6 heteroatoms. The third-order valence-corrected chi connectivity index (χ3v) is 1.57. The van der Waals surface area contributed by atoms with Crippen LogP contribution in [-0.4, -0.2) is 20.2 Å². The van der Waals surface area contributed by atoms with Crippen LogP contribution in [-0.2, 0) is 0 Å². The average molecular weight is 176 g/mol. The smallest absolute Gasteiger partial charge is 0.239 e. The number of nitrogens with one attached hydrogen (secondary N) is 1. The number of hydrogen-bond acceptors (Lipinski definition) is 5. The van der Waals surface area contributed by atoms with Gasteiger partial charge in [-0.2, -0.15) is 4.98 Å². The summed E-state index contributed by atoms with van der Waals surface area (Å²) in [5.74, 6) is 0.663. The molecule has 0 amide bonds. The fraction of sp³-hybridized carbons (Fsp3) is 0. The van der Waals surface area contributed by atoms with Gasteiger partial charge in [0, 0.05) is 6.20 Å². The molecule has 2 rings (SSSR count). The molecule has 0 fully saturated rings. The largest absolute Gasteiger partial charge is 0.397 e. The van der Waals surface area contributed by atoms with Gasteiger partial charge in [-0.05, 0) is 12.1 Å². The molecule has 0 aliphatic rings. The Bertz CT molecular complexity index is 420. The van der Waals surface area contributed by atoms with Gasteiger partial charge in [-0.25, -0.2) is 0 Å². The van der Waals surface area contributed by atoms with Crippen LogP contribution in [0.25, 0.3) is 11.5 Å². The number of pyridine rings is 1. The quantitative estimate of drug-likeness (QED) is 0.568. The zero-order chi connectivity index (χ0) is 9.26. The predicted molar refractivity (Wildman–Crippen MR) is 48.4 cm³/mol. The van der Waals surface area contributed by atoms with Crippen molar-refractivity contribution in [3.05, 3.63) is 18.3 Å². The van der Waals surface area contributed by atoms with E-state index in [0.717, 1.165) is 0 Å². The number of nitrogens with two attached hydrogens (primary N) is 2. The summed E-state index contributed by atoms with van der Waals surface area (Å²) in [6.07, 6.45) is 1.63. The Balaban J connectivity index is 2.52. The molecule has 0 saturated carbocycles. The molecule has 0 atom stereocenters. The molecule has 0 spiro atoms. The van der Waals surface area contributed by atoms with Crippen molar-refractivity contribution in [1.82, 2.24) is 20.2 Å². The van der Waals surface area contributed by atoms with Crippen molar-refractivity contribution >= 4 is 11.6 Å². The van der Waals surface area contributed by atoms with Crippen LogP contribution in [0, 0.1) is 0 Å². The van der Waals surface area contributed by atoms with E-state index < -0.39 is 0 Å². The van der Waals surface area contributed by atoms with E-state index in [2.05, 4.69) is 20.2 Å². The molecule has 2 heterocycles. The molecule has 0 aliphatic heterocycles. The average Bonchev–Trinajstić information content (AvgIpc) is 2.53. The standard InChI is InChI=1S/C7H8N6/c8-4-2-1-3-10-5(4)6-11-7(9)13-12-6/h1-3H,8H2,(H3,9,11,12,13). The molecule has 0 bridgehead atoms. The molecule has 13 heavy (non-hydrogen) atoms. The Labute approximate surface area is 74.0 Å². The second kappa shape index (κ2) is 2.74. The van der Waals surface area contributed by atoms with Gasteiger partial charge in [0.05, 0.1) is 5.69 Å². The topological polar surface area (TPSA) is 106 Å². The lowest BCUT2D eigenvalue weighted by molar-refractivity contribution is 1.09. The summed E-state index contributed by atoms with van der Waals surface area (Å²) < 4.78 is 0. The number of H-pyrrole nitrogens is 1. The summed E-state index contributed by atoms with van der Waals surface area (Å²) >= 11 is 0. The second-order valence-corrected chi connectivity index (χ2v) is 2.48. The third kappa shape index (κ3) is 1.28. The summed E-state index contributed by atoms with van der Waals surface area (Å²) in [4.78, 5) is 7.96. The Morgan fingerprint density at radius 3 is 2.77 bits per heavy atom. The van der Waals surface area contributed by atoms with Gasteiger partial charge >= 0.3 is 0 Å². The first-order valence-electron chi connectivity index (χ1n) is 3.66. The second-order valence-electron chi connectivity index (χ2n) is 2.48. The van der Waals surface area contributed by atoms with E-state index in [1.165, 1.54) is 0 Å². The van der Waals surface area contributed by atoms with Gasteiger partial charge in [-0.3, -0.25) is 10.1 Å². The summed E-state index contributed by atoms with van der Waals surface area (Å²) in [7, 11) is 0. The van der Waals surface area contributed by atoms with Crippen LogP contribution in [0.2, 0.25) is 0 Å². The third-order valence-electron chi connectivity index (χ3n) is 1.57. The van der Waals surface area contributed by atoms with E-state index in [9.17, 15) is 0 Å². The van der Waals surface area contributed by atoms with Crippen molar-refractivity contribution in [3.63, 3.8) is 0 Å². The van der Waals surface area contributed by atoms with Gasteiger partial charge in [0.1, 0.15) is 5.69 Å². The highest BCUT2D eigenvalue weighted by molar-refractivity contribution is 5.66. The van der Waals surface area contributed by atoms with Crippen molar-refractivity contribution in [2.75, 3.05) is 11.5 Å². The molecule has 5 N–H and O–H groups in total. The van der Waals surface area contributed by atoms with Gasteiger partial charge in [0.2, 0.25) is 5.95 Å². The minimum absolute atomic E-state index is 0.181. The minimum Gasteiger partial charge on any atom is -0.397 e. The number of rotatable bonds is 1. The molecule has 6 nitrogen and oxygen atoms in total. The van der Waals surface area contributed by atoms with E-state index in [1.807, 2.05) is 0 Å². The maximum absolute atomic E-state index is 5.67. The van der Waals surface area contributed by atoms with E-state index in [4.69, 9.17) is 11.5 Å². The van der Waals surface area contributed by atoms with Crippen molar-refractivity contribution in [2.45, 2.75) is 0 Å². The fourth-order valence-electron chi connectivity index (χ4n) is 0.996. The van der Waals surface area contributed by atoms with Gasteiger partial charge in [-0.1, -0.05) is 0 Å². The molecular formula is C7H8N6. The Kier molecular flexibility index (Phi) is 1.59. The lowest BCUT2D eigenvalue weighted by Gasteiger charge is -1.97. The summed E-state index contributed by atoms with van der Waals surface area (Å²) in [6.45, 7) is 0. The fourth-order valence-corrected chi connectivity index (χ4v) is 0.996. The lowest BCUT2D eigenvalue weighted by atomic mass is 10.3. The SMILES string of the molecule is Nc1n[nH]c(-c2ncccc2N)n1. The monoisotopic (exact) mass is 176 g/mol. The molecule has 2 aromatic rings. The molecule has 0 aromatic carbocycles. The van der Waals surface area contributed by atoms with Crippen molar-refractivity contribution in [3.8, 4) is 11.5 Å². The Morgan fingerprint density at radius 1 is 1.31 bits per heavy atom. The number of aromatic amines is 1. The van der Waals surface area contributed by atoms with Crippen LogP contribution >= 0.6 is 0 Å². The van der Waals surface area contributed by atoms with Crippen molar-refractivity contribution in [1.29, 1.82) is 0 Å². The van der Waals surface area contributed by atoms with E-state index >= 15 is 0 Å². The maximum atomic E-state index is 5.67. The lowest BCUT2D eigenvalue weighted by Crippen LogP contribution is -1.94. The zero-order valence-corrected chi connectivity index (χ0v) is 6.73. The van der Waals surface area contributed by atoms with Gasteiger partial charge in [-0.15, -0.1) is 5.10 Å². The van der Waals surface area contributed by atoms with Crippen LogP contribution in [0.5, 0.6) is 0 Å². The molecule has 66 valence electrons. The number of aromatic nitrogens is 4. The highest BCUT2D eigenvalue weighted by Gasteiger charge is 2.07. The number of anilines is 2. The first-order valence-corrected chi connectivity index (χ1v) is 3.66. The molecule has 0 aliphatic carbocycles. The van der Waals surface area contributed by atoms with Crippen LogP contribution in [0.3, 0.4) is 0 Å². The van der Waals surface area contributed by atoms with Gasteiger partial charge in [0.15, 0.2) is 5.82 Å². The van der Waals surface area contributed by atoms with Crippen LogP contribution < -0.4 is 11.5 Å². The molecular weight excluding hydrogens is 168 g/mol. The Hall–Kier alpha value is -2.11. The predicted octanol–water partition coefficient (Wildman–Crippen LogP) is 0.0311. The summed E-state index contributed by atoms with van der Waals surface area (Å²) in [6, 6.07) is 3.49. The molecule has 2 aromatic heterocycles. The van der Waals surface area contributed by atoms with Crippen LogP contribution in [0.4, 0.5) is 11.6 Å². The highest BCUT2D eigenvalue weighted by atomic mass is 15.3. The first kappa shape index (κ1) is 7.53. The zero-order valence-electron chi connectivity index (χ0n) is 6.73. The maximum Gasteiger partial charge on any atom is 0.239 e. The number of nitrogen functional groups attached to an aromatic ring is 2. The number of nitrogens with zero attached hydrogens (tertiary/aromatic N) is 3. The van der Waals surface area contributed by atoms with Crippen LogP contribution in [0.15, 0.2) is 18.3 Å². The highest BCUT2D eigenvalue weighted by Crippen LogP contribution is 2.18. The van der Waals surface area contributed by atoms with Crippen molar-refractivity contribution < 1.29 is 0 Å². The molecule has 0 radical (unpaired) electrons. The normalized spacial score (nSPS) is 10.2. The molecule has 0 unspecified atom stereocenters. The Morgan fingerprint density at radius 2 is 2.15 bits per heavy atom. The van der Waals surface area contributed by atoms with Gasteiger partial charge < -0.3 is 11.5 Å². The van der Waals surface area contributed by atoms with Crippen molar-refractivity contribution in [2.24, 2.45) is 0 Å². The van der Waals surface area contributed by atoms with E-state index in [-0.39, 0.29) is 5.95 Å². The summed E-state index contributed by atoms with van der Waals surface area (Å²) in [5, 5.41) is 6.31. The van der Waals surface area contributed by atoms with Crippen LogP contribution in [0.1, 0.15) is 0 Å². The van der Waals surface area contributed by atoms with Gasteiger partial charge in [0.25, 0.3) is 0 Å². The summed E-state index contributed by atoms with van der Waals surface area (Å²) in [5.41, 5.74) is 12.1. The number of hydrogen-bond donors (Lipinski definition) is 3. The minimum atomic E-state index is 0.181. The van der Waals surface area contributed by atoms with E-state index in [1.54, 1.807) is 18.3 Å². The van der Waals surface area contributed by atoms with E-state index in [0.29, 0.717) is 17.2 Å². The first-order chi connectivity index (χ1) is 6.27. The molecule has 0 saturated heterocycles.